The van der Waals surface area contributed by atoms with Gasteiger partial charge < -0.3 is 15.2 Å². The first-order valence-corrected chi connectivity index (χ1v) is 5.53. The topological polar surface area (TPSA) is 74.4 Å². The van der Waals surface area contributed by atoms with Gasteiger partial charge in [0.05, 0.1) is 17.0 Å². The lowest BCUT2D eigenvalue weighted by molar-refractivity contribution is 0.0992. The van der Waals surface area contributed by atoms with Gasteiger partial charge in [-0.2, -0.15) is 0 Å². The summed E-state index contributed by atoms with van der Waals surface area (Å²) in [7, 11) is 2.83. The third-order valence-electron chi connectivity index (χ3n) is 2.07. The van der Waals surface area contributed by atoms with Gasteiger partial charge in [-0.25, -0.2) is 4.98 Å². The third-order valence-corrected chi connectivity index (χ3v) is 2.86. The maximum atomic E-state index is 11.2. The van der Waals surface area contributed by atoms with Crippen LogP contribution in [-0.2, 0) is 9.47 Å². The molecule has 7 heteroatoms. The van der Waals surface area contributed by atoms with E-state index in [0.29, 0.717) is 5.69 Å². The van der Waals surface area contributed by atoms with Gasteiger partial charge in [-0.05, 0) is 12.1 Å². The molecule has 0 aliphatic rings. The highest BCUT2D eigenvalue weighted by Gasteiger charge is 2.20. The van der Waals surface area contributed by atoms with Crippen molar-refractivity contribution < 1.29 is 14.3 Å². The van der Waals surface area contributed by atoms with Crippen LogP contribution in [0.1, 0.15) is 32.9 Å². The first-order valence-electron chi connectivity index (χ1n) is 4.65. The molecule has 1 rings (SSSR count). The number of amides is 1. The zero-order valence-corrected chi connectivity index (χ0v) is 10.8. The molecule has 5 nitrogen and oxygen atoms in total. The summed E-state index contributed by atoms with van der Waals surface area (Å²) in [5.74, 6) is -0.634. The van der Waals surface area contributed by atoms with Crippen LogP contribution in [0.15, 0.2) is 12.1 Å². The van der Waals surface area contributed by atoms with Crippen LogP contribution in [0.5, 0.6) is 0 Å². The number of aromatic nitrogens is 1. The van der Waals surface area contributed by atoms with Crippen molar-refractivity contribution in [2.75, 3.05) is 14.2 Å². The zero-order chi connectivity index (χ0) is 13.0. The molecule has 0 saturated heterocycles. The normalized spacial score (nSPS) is 14.4. The minimum absolute atomic E-state index is 0.190. The van der Waals surface area contributed by atoms with Crippen LogP contribution in [-0.4, -0.2) is 25.1 Å². The number of methoxy groups -OCH3 is 2. The molecule has 0 fully saturated rings. The second-order valence-electron chi connectivity index (χ2n) is 3.14. The highest BCUT2D eigenvalue weighted by atomic mass is 35.5. The van der Waals surface area contributed by atoms with E-state index >= 15 is 0 Å². The zero-order valence-electron chi connectivity index (χ0n) is 9.31. The van der Waals surface area contributed by atoms with Crippen LogP contribution in [0.2, 0.25) is 0 Å². The van der Waals surface area contributed by atoms with Crippen molar-refractivity contribution in [1.29, 1.82) is 0 Å². The molecule has 0 radical (unpaired) electrons. The van der Waals surface area contributed by atoms with E-state index in [-0.39, 0.29) is 11.3 Å². The van der Waals surface area contributed by atoms with E-state index in [9.17, 15) is 4.79 Å². The lowest BCUT2D eigenvalue weighted by atomic mass is 10.1. The molecule has 94 valence electrons. The number of carbonyl (C=O) groups excluding carboxylic acids is 1. The molecule has 0 bridgehead atoms. The number of nitrogens with two attached hydrogens (primary N) is 1. The van der Waals surface area contributed by atoms with Crippen LogP contribution in [0, 0.1) is 0 Å². The summed E-state index contributed by atoms with van der Waals surface area (Å²) in [6, 6.07) is 3.03. The largest absolute Gasteiger partial charge is 0.366 e. The summed E-state index contributed by atoms with van der Waals surface area (Å²) >= 11 is 11.7. The number of nitrogens with zero attached hydrogens (tertiary/aromatic N) is 1. The van der Waals surface area contributed by atoms with Gasteiger partial charge in [0.15, 0.2) is 11.1 Å². The fourth-order valence-corrected chi connectivity index (χ4v) is 1.52. The quantitative estimate of drug-likeness (QED) is 0.836. The Hall–Kier alpha value is -0.880. The lowest BCUT2D eigenvalue weighted by Gasteiger charge is -2.14. The van der Waals surface area contributed by atoms with Crippen molar-refractivity contribution in [3.8, 4) is 0 Å². The Morgan fingerprint density at radius 1 is 1.29 bits per heavy atom. The Morgan fingerprint density at radius 2 is 1.88 bits per heavy atom. The average Bonchev–Trinajstić information content (AvgIpc) is 2.35. The van der Waals surface area contributed by atoms with Gasteiger partial charge in [-0.15, -0.1) is 0 Å². The second kappa shape index (κ2) is 6.16. The molecule has 1 aromatic heterocycles. The van der Waals surface area contributed by atoms with Gasteiger partial charge in [-0.1, -0.05) is 23.2 Å². The van der Waals surface area contributed by atoms with Crippen molar-refractivity contribution in [3.63, 3.8) is 0 Å². The number of hydrogen-bond donors (Lipinski definition) is 1. The second-order valence-corrected chi connectivity index (χ2v) is 3.93. The van der Waals surface area contributed by atoms with E-state index in [2.05, 4.69) is 4.98 Å². The summed E-state index contributed by atoms with van der Waals surface area (Å²) in [6.07, 6.45) is 0. The third kappa shape index (κ3) is 3.29. The molecule has 0 aromatic carbocycles. The summed E-state index contributed by atoms with van der Waals surface area (Å²) in [6.45, 7) is 0. The maximum Gasteiger partial charge on any atom is 0.250 e. The lowest BCUT2D eigenvalue weighted by Crippen LogP contribution is -2.17. The van der Waals surface area contributed by atoms with E-state index in [1.165, 1.54) is 20.3 Å². The highest BCUT2D eigenvalue weighted by Crippen LogP contribution is 2.26. The van der Waals surface area contributed by atoms with Crippen molar-refractivity contribution in [2.24, 2.45) is 5.73 Å². The first kappa shape index (κ1) is 14.2. The molecule has 0 aliphatic carbocycles. The maximum absolute atomic E-state index is 11.2. The van der Waals surface area contributed by atoms with Crippen LogP contribution in [0.4, 0.5) is 0 Å². The van der Waals surface area contributed by atoms with E-state index in [1.54, 1.807) is 6.07 Å². The Morgan fingerprint density at radius 3 is 2.35 bits per heavy atom. The SMILES string of the molecule is COC(Cl)c1ccc(C(N)=O)c(C(Cl)OC)n1. The molecular weight excluding hydrogens is 267 g/mol. The fourth-order valence-electron chi connectivity index (χ4n) is 1.23. The molecule has 0 saturated carbocycles. The predicted molar refractivity (Wildman–Crippen MR) is 64.0 cm³/mol. The summed E-state index contributed by atoms with van der Waals surface area (Å²) in [5, 5.41) is 0. The Bertz CT molecular complexity index is 415. The minimum Gasteiger partial charge on any atom is -0.366 e. The van der Waals surface area contributed by atoms with Crippen LogP contribution < -0.4 is 5.73 Å². The Kier molecular flexibility index (Phi) is 5.14. The van der Waals surface area contributed by atoms with Gasteiger partial charge in [-0.3, -0.25) is 4.79 Å². The number of hydrogen-bond acceptors (Lipinski definition) is 4. The average molecular weight is 279 g/mol. The molecule has 2 atom stereocenters. The highest BCUT2D eigenvalue weighted by molar-refractivity contribution is 6.20. The van der Waals surface area contributed by atoms with E-state index in [0.717, 1.165) is 0 Å². The van der Waals surface area contributed by atoms with Crippen LogP contribution in [0.3, 0.4) is 0 Å². The van der Waals surface area contributed by atoms with E-state index in [1.807, 2.05) is 0 Å². The minimum atomic E-state index is -0.877. The van der Waals surface area contributed by atoms with Crippen molar-refractivity contribution in [2.45, 2.75) is 11.1 Å². The monoisotopic (exact) mass is 278 g/mol. The van der Waals surface area contributed by atoms with Crippen molar-refractivity contribution in [3.05, 3.63) is 29.1 Å². The summed E-state index contributed by atoms with van der Waals surface area (Å²) in [4.78, 5) is 15.3. The number of pyridine rings is 1. The first-order chi connectivity index (χ1) is 8.01. The number of ether oxygens (including phenoxy) is 2. The number of primary amides is 1. The van der Waals surface area contributed by atoms with Gasteiger partial charge in [0.1, 0.15) is 0 Å². The number of halogens is 2. The molecule has 2 N–H and O–H groups in total. The van der Waals surface area contributed by atoms with Gasteiger partial charge in [0.25, 0.3) is 5.91 Å². The van der Waals surface area contributed by atoms with Gasteiger partial charge in [0.2, 0.25) is 0 Å². The molecule has 1 heterocycles. The molecule has 1 amide bonds. The van der Waals surface area contributed by atoms with Crippen LogP contribution >= 0.6 is 23.2 Å². The predicted octanol–water partition coefficient (Wildman–Crippen LogP) is 1.95. The molecule has 0 spiro atoms. The van der Waals surface area contributed by atoms with Crippen LogP contribution in [0.25, 0.3) is 0 Å². The molecule has 1 aromatic rings. The van der Waals surface area contributed by atoms with E-state index < -0.39 is 17.0 Å². The number of rotatable bonds is 5. The molecule has 2 unspecified atom stereocenters. The molecule has 0 aliphatic heterocycles. The molecule has 17 heavy (non-hydrogen) atoms. The van der Waals surface area contributed by atoms with Gasteiger partial charge in [0, 0.05) is 14.2 Å². The summed E-state index contributed by atoms with van der Waals surface area (Å²) < 4.78 is 9.81. The smallest absolute Gasteiger partial charge is 0.250 e. The number of alkyl halides is 2. The Labute approximate surface area is 109 Å². The Balaban J connectivity index is 3.23. The standard InChI is InChI=1S/C10H12Cl2N2O3/c1-16-8(11)6-4-3-5(10(13)15)7(14-6)9(12)17-2/h3-4,8-9H,1-2H3,(H2,13,15). The van der Waals surface area contributed by atoms with Crippen molar-refractivity contribution >= 4 is 29.1 Å². The molecular formula is C10H12Cl2N2O3. The number of carbonyl (C=O) groups is 1. The summed E-state index contributed by atoms with van der Waals surface area (Å²) in [5.41, 5.74) is 4.45. The fraction of sp³-hybridized carbons (Fsp3) is 0.400. The van der Waals surface area contributed by atoms with Gasteiger partial charge >= 0.3 is 0 Å². The van der Waals surface area contributed by atoms with Crippen molar-refractivity contribution in [1.82, 2.24) is 4.98 Å². The van der Waals surface area contributed by atoms with E-state index in [4.69, 9.17) is 38.4 Å².